The molecule has 0 unspecified atom stereocenters. The molecule has 0 saturated carbocycles. The number of para-hydroxylation sites is 1. The molecule has 0 aliphatic carbocycles. The highest BCUT2D eigenvalue weighted by atomic mass is 16.2. The Balaban J connectivity index is 2.05. The van der Waals surface area contributed by atoms with Gasteiger partial charge in [0, 0.05) is 45.3 Å². The van der Waals surface area contributed by atoms with Crippen LogP contribution in [0.4, 0.5) is 5.69 Å². The molecule has 2 rings (SSSR count). The van der Waals surface area contributed by atoms with Crippen molar-refractivity contribution in [1.29, 1.82) is 0 Å². The van der Waals surface area contributed by atoms with E-state index in [0.29, 0.717) is 31.7 Å². The zero-order valence-corrected chi connectivity index (χ0v) is 12.8. The van der Waals surface area contributed by atoms with Gasteiger partial charge in [0.1, 0.15) is 0 Å². The van der Waals surface area contributed by atoms with Crippen molar-refractivity contribution in [2.75, 3.05) is 38.0 Å². The number of carbonyl (C=O) groups excluding carboxylic acids is 2. The minimum atomic E-state index is 0.0393. The Morgan fingerprint density at radius 2 is 1.71 bits per heavy atom. The lowest BCUT2D eigenvalue weighted by molar-refractivity contribution is -0.130. The number of nitrogens with zero attached hydrogens (tertiary/aromatic N) is 2. The van der Waals surface area contributed by atoms with Crippen LogP contribution >= 0.6 is 0 Å². The predicted molar refractivity (Wildman–Crippen MR) is 83.4 cm³/mol. The molecule has 0 atom stereocenters. The molecule has 1 aliphatic rings. The topological polar surface area (TPSA) is 52.7 Å². The molecule has 1 aliphatic heterocycles. The van der Waals surface area contributed by atoms with Crippen molar-refractivity contribution < 1.29 is 9.59 Å². The Morgan fingerprint density at radius 3 is 2.33 bits per heavy atom. The van der Waals surface area contributed by atoms with Crippen LogP contribution in [0.25, 0.3) is 0 Å². The van der Waals surface area contributed by atoms with Crippen LogP contribution < -0.4 is 5.32 Å². The number of hydrogen-bond acceptors (Lipinski definition) is 3. The number of carbonyl (C=O) groups is 2. The van der Waals surface area contributed by atoms with Crippen molar-refractivity contribution in [1.82, 2.24) is 9.80 Å². The van der Waals surface area contributed by atoms with E-state index in [1.54, 1.807) is 11.8 Å². The summed E-state index contributed by atoms with van der Waals surface area (Å²) in [5.41, 5.74) is 1.60. The molecule has 1 aromatic carbocycles. The molecule has 0 bridgehead atoms. The van der Waals surface area contributed by atoms with Gasteiger partial charge in [-0.25, -0.2) is 0 Å². The monoisotopic (exact) mass is 289 g/mol. The smallest absolute Gasteiger partial charge is 0.256 e. The summed E-state index contributed by atoms with van der Waals surface area (Å²) in [6.07, 6.45) is 1.01. The molecule has 5 nitrogen and oxygen atoms in total. The zero-order chi connectivity index (χ0) is 15.2. The minimum Gasteiger partial charge on any atom is -0.384 e. The van der Waals surface area contributed by atoms with Crippen LogP contribution in [0.3, 0.4) is 0 Å². The van der Waals surface area contributed by atoms with Gasteiger partial charge in [-0.2, -0.15) is 0 Å². The second kappa shape index (κ2) is 7.11. The van der Waals surface area contributed by atoms with Crippen LogP contribution in [0.15, 0.2) is 24.3 Å². The van der Waals surface area contributed by atoms with Crippen LogP contribution in [-0.4, -0.2) is 54.3 Å². The van der Waals surface area contributed by atoms with Crippen LogP contribution in [0.1, 0.15) is 30.6 Å². The zero-order valence-electron chi connectivity index (χ0n) is 12.8. The Bertz CT molecular complexity index is 508. The molecule has 0 radical (unpaired) electrons. The maximum absolute atomic E-state index is 12.6. The summed E-state index contributed by atoms with van der Waals surface area (Å²) in [5, 5.41) is 3.30. The summed E-state index contributed by atoms with van der Waals surface area (Å²) in [7, 11) is 0. The summed E-state index contributed by atoms with van der Waals surface area (Å²) in [6.45, 7) is 6.95. The van der Waals surface area contributed by atoms with Gasteiger partial charge in [-0.1, -0.05) is 19.1 Å². The van der Waals surface area contributed by atoms with Crippen LogP contribution in [-0.2, 0) is 4.79 Å². The molecule has 1 fully saturated rings. The number of nitrogens with one attached hydrogen (secondary N) is 1. The van der Waals surface area contributed by atoms with E-state index in [1.165, 1.54) is 0 Å². The van der Waals surface area contributed by atoms with E-state index in [0.717, 1.165) is 18.7 Å². The van der Waals surface area contributed by atoms with Gasteiger partial charge in [-0.05, 0) is 18.6 Å². The van der Waals surface area contributed by atoms with Crippen molar-refractivity contribution in [3.63, 3.8) is 0 Å². The quantitative estimate of drug-likeness (QED) is 0.920. The molecule has 1 heterocycles. The van der Waals surface area contributed by atoms with Crippen LogP contribution in [0.5, 0.6) is 0 Å². The number of hydrogen-bond donors (Lipinski definition) is 1. The van der Waals surface area contributed by atoms with Crippen molar-refractivity contribution in [3.8, 4) is 0 Å². The van der Waals surface area contributed by atoms with Gasteiger partial charge in [-0.15, -0.1) is 0 Å². The number of amides is 2. The highest BCUT2D eigenvalue weighted by Gasteiger charge is 2.24. The third-order valence-corrected chi connectivity index (χ3v) is 3.74. The lowest BCUT2D eigenvalue weighted by Gasteiger charge is -2.34. The van der Waals surface area contributed by atoms with Gasteiger partial charge in [0.15, 0.2) is 0 Å². The van der Waals surface area contributed by atoms with E-state index in [-0.39, 0.29) is 11.8 Å². The van der Waals surface area contributed by atoms with E-state index >= 15 is 0 Å². The second-order valence-electron chi connectivity index (χ2n) is 5.27. The fraction of sp³-hybridized carbons (Fsp3) is 0.500. The Hall–Kier alpha value is -2.04. The molecule has 1 N–H and O–H groups in total. The van der Waals surface area contributed by atoms with Gasteiger partial charge >= 0.3 is 0 Å². The first-order chi connectivity index (χ1) is 10.1. The van der Waals surface area contributed by atoms with Gasteiger partial charge in [0.25, 0.3) is 5.91 Å². The summed E-state index contributed by atoms with van der Waals surface area (Å²) >= 11 is 0. The molecule has 2 amide bonds. The third-order valence-electron chi connectivity index (χ3n) is 3.74. The SMILES string of the molecule is CCCNc1ccccc1C(=O)N1CCN(C(C)=O)CC1. The van der Waals surface area contributed by atoms with Crippen molar-refractivity contribution >= 4 is 17.5 Å². The Kier molecular flexibility index (Phi) is 5.20. The maximum atomic E-state index is 12.6. The molecule has 114 valence electrons. The van der Waals surface area contributed by atoms with Crippen LogP contribution in [0.2, 0.25) is 0 Å². The normalized spacial score (nSPS) is 15.0. The number of benzene rings is 1. The maximum Gasteiger partial charge on any atom is 0.256 e. The van der Waals surface area contributed by atoms with Gasteiger partial charge in [-0.3, -0.25) is 9.59 Å². The number of piperazine rings is 1. The molecular formula is C16H23N3O2. The fourth-order valence-corrected chi connectivity index (χ4v) is 2.48. The molecule has 0 spiro atoms. The standard InChI is InChI=1S/C16H23N3O2/c1-3-8-17-15-7-5-4-6-14(15)16(21)19-11-9-18(10-12-19)13(2)20/h4-7,17H,3,8-12H2,1-2H3. The first-order valence-corrected chi connectivity index (χ1v) is 7.51. The van der Waals surface area contributed by atoms with Crippen molar-refractivity contribution in [3.05, 3.63) is 29.8 Å². The summed E-state index contributed by atoms with van der Waals surface area (Å²) in [6, 6.07) is 7.62. The second-order valence-corrected chi connectivity index (χ2v) is 5.27. The molecule has 1 aromatic rings. The van der Waals surface area contributed by atoms with Crippen molar-refractivity contribution in [2.24, 2.45) is 0 Å². The highest BCUT2D eigenvalue weighted by Crippen LogP contribution is 2.18. The Morgan fingerprint density at radius 1 is 1.10 bits per heavy atom. The minimum absolute atomic E-state index is 0.0393. The first-order valence-electron chi connectivity index (χ1n) is 7.51. The lowest BCUT2D eigenvalue weighted by atomic mass is 10.1. The van der Waals surface area contributed by atoms with Gasteiger partial charge in [0.05, 0.1) is 5.56 Å². The predicted octanol–water partition coefficient (Wildman–Crippen LogP) is 1.81. The van der Waals surface area contributed by atoms with E-state index in [4.69, 9.17) is 0 Å². The van der Waals surface area contributed by atoms with E-state index < -0.39 is 0 Å². The fourth-order valence-electron chi connectivity index (χ4n) is 2.48. The number of rotatable bonds is 4. The van der Waals surface area contributed by atoms with E-state index in [1.807, 2.05) is 29.2 Å². The lowest BCUT2D eigenvalue weighted by Crippen LogP contribution is -2.50. The van der Waals surface area contributed by atoms with Crippen molar-refractivity contribution in [2.45, 2.75) is 20.3 Å². The molecule has 21 heavy (non-hydrogen) atoms. The van der Waals surface area contributed by atoms with E-state index in [2.05, 4.69) is 12.2 Å². The molecule has 5 heteroatoms. The van der Waals surface area contributed by atoms with Crippen LogP contribution in [0, 0.1) is 0 Å². The number of anilines is 1. The molecule has 0 aromatic heterocycles. The highest BCUT2D eigenvalue weighted by molar-refractivity contribution is 5.99. The molecular weight excluding hydrogens is 266 g/mol. The summed E-state index contributed by atoms with van der Waals surface area (Å²) in [5.74, 6) is 0.115. The summed E-state index contributed by atoms with van der Waals surface area (Å²) in [4.78, 5) is 27.6. The van der Waals surface area contributed by atoms with E-state index in [9.17, 15) is 9.59 Å². The average molecular weight is 289 g/mol. The van der Waals surface area contributed by atoms with Gasteiger partial charge in [0.2, 0.25) is 5.91 Å². The molecule has 1 saturated heterocycles. The third kappa shape index (κ3) is 3.74. The largest absolute Gasteiger partial charge is 0.384 e. The first kappa shape index (κ1) is 15.4. The Labute approximate surface area is 125 Å². The van der Waals surface area contributed by atoms with Gasteiger partial charge < -0.3 is 15.1 Å². The summed E-state index contributed by atoms with van der Waals surface area (Å²) < 4.78 is 0. The average Bonchev–Trinajstić information content (AvgIpc) is 2.52.